The van der Waals surface area contributed by atoms with E-state index in [0.717, 1.165) is 25.8 Å². The summed E-state index contributed by atoms with van der Waals surface area (Å²) >= 11 is 0. The second-order valence-electron chi connectivity index (χ2n) is 7.41. The third-order valence-corrected chi connectivity index (χ3v) is 7.12. The van der Waals surface area contributed by atoms with E-state index in [4.69, 9.17) is 0 Å². The van der Waals surface area contributed by atoms with Crippen LogP contribution in [0.25, 0.3) is 0 Å². The molecule has 1 amide bonds. The maximum absolute atomic E-state index is 13.1. The molecule has 2 aliphatic heterocycles. The van der Waals surface area contributed by atoms with Gasteiger partial charge in [-0.1, -0.05) is 13.8 Å². The molecule has 2 aliphatic rings. The number of carbonyl (C=O) groups excluding carboxylic acids is 1. The van der Waals surface area contributed by atoms with Crippen LogP contribution >= 0.6 is 0 Å². The molecule has 0 aliphatic carbocycles. The summed E-state index contributed by atoms with van der Waals surface area (Å²) in [7, 11) is -3.41. The van der Waals surface area contributed by atoms with Crippen molar-refractivity contribution in [1.82, 2.24) is 10.2 Å². The summed E-state index contributed by atoms with van der Waals surface area (Å²) < 4.78 is 23.6. The van der Waals surface area contributed by atoms with Gasteiger partial charge in [-0.3, -0.25) is 4.79 Å². The number of amides is 1. The van der Waals surface area contributed by atoms with Crippen LogP contribution in [0.15, 0.2) is 0 Å². The minimum atomic E-state index is -3.41. The van der Waals surface area contributed by atoms with E-state index in [1.165, 1.54) is 6.26 Å². The first kappa shape index (κ1) is 17.7. The van der Waals surface area contributed by atoms with E-state index < -0.39 is 14.6 Å². The monoisotopic (exact) mass is 330 g/mol. The molecule has 0 aromatic carbocycles. The van der Waals surface area contributed by atoms with Gasteiger partial charge in [0.05, 0.1) is 0 Å². The van der Waals surface area contributed by atoms with Crippen molar-refractivity contribution in [3.05, 3.63) is 0 Å². The maximum Gasteiger partial charge on any atom is 0.244 e. The first-order valence-electron chi connectivity index (χ1n) is 8.46. The van der Waals surface area contributed by atoms with Crippen molar-refractivity contribution in [2.45, 2.75) is 50.7 Å². The zero-order chi connectivity index (χ0) is 16.4. The molecule has 128 valence electrons. The minimum Gasteiger partial charge on any atom is -0.341 e. The summed E-state index contributed by atoms with van der Waals surface area (Å²) in [6.45, 7) is 7.03. The fourth-order valence-electron chi connectivity index (χ4n) is 3.97. The Labute approximate surface area is 134 Å². The second kappa shape index (κ2) is 6.87. The standard InChI is InChI=1S/C16H30N2O3S/c1-13(2)11-14-5-4-10-18(12-14)15(19)16(22(3,20)21)6-8-17-9-7-16/h13-14,17H,4-12H2,1-3H3. The van der Waals surface area contributed by atoms with Crippen LogP contribution in [0.5, 0.6) is 0 Å². The molecule has 2 fully saturated rings. The lowest BCUT2D eigenvalue weighted by molar-refractivity contribution is -0.136. The van der Waals surface area contributed by atoms with Crippen molar-refractivity contribution >= 4 is 15.7 Å². The van der Waals surface area contributed by atoms with Gasteiger partial charge in [-0.05, 0) is 57.0 Å². The highest BCUT2D eigenvalue weighted by atomic mass is 32.2. The molecular weight excluding hydrogens is 300 g/mol. The normalized spacial score (nSPS) is 26.2. The number of nitrogens with zero attached hydrogens (tertiary/aromatic N) is 1. The van der Waals surface area contributed by atoms with Gasteiger partial charge in [-0.15, -0.1) is 0 Å². The number of piperidine rings is 2. The first-order valence-corrected chi connectivity index (χ1v) is 10.3. The van der Waals surface area contributed by atoms with Gasteiger partial charge in [-0.2, -0.15) is 0 Å². The number of sulfone groups is 1. The van der Waals surface area contributed by atoms with E-state index in [1.54, 1.807) is 0 Å². The predicted molar refractivity (Wildman–Crippen MR) is 88.4 cm³/mol. The number of rotatable bonds is 4. The smallest absolute Gasteiger partial charge is 0.244 e. The molecule has 1 unspecified atom stereocenters. The highest BCUT2D eigenvalue weighted by Gasteiger charge is 2.50. The summed E-state index contributed by atoms with van der Waals surface area (Å²) in [6, 6.07) is 0. The molecule has 22 heavy (non-hydrogen) atoms. The minimum absolute atomic E-state index is 0.148. The van der Waals surface area contributed by atoms with Gasteiger partial charge in [0.2, 0.25) is 5.91 Å². The van der Waals surface area contributed by atoms with E-state index >= 15 is 0 Å². The van der Waals surface area contributed by atoms with Gasteiger partial charge >= 0.3 is 0 Å². The lowest BCUT2D eigenvalue weighted by Gasteiger charge is -2.41. The molecule has 1 atom stereocenters. The van der Waals surface area contributed by atoms with Crippen LogP contribution in [0, 0.1) is 11.8 Å². The molecular formula is C16H30N2O3S. The van der Waals surface area contributed by atoms with Crippen molar-refractivity contribution in [3.8, 4) is 0 Å². The summed E-state index contributed by atoms with van der Waals surface area (Å²) in [5, 5.41) is 3.17. The maximum atomic E-state index is 13.1. The van der Waals surface area contributed by atoms with Crippen LogP contribution in [-0.2, 0) is 14.6 Å². The molecule has 0 radical (unpaired) electrons. The molecule has 0 aromatic rings. The Morgan fingerprint density at radius 2 is 1.95 bits per heavy atom. The fraction of sp³-hybridized carbons (Fsp3) is 0.938. The van der Waals surface area contributed by atoms with Gasteiger partial charge in [0.15, 0.2) is 14.6 Å². The Bertz CT molecular complexity index is 496. The topological polar surface area (TPSA) is 66.5 Å². The Kier molecular flexibility index (Phi) is 5.54. The Balaban J connectivity index is 2.17. The molecule has 0 spiro atoms. The second-order valence-corrected chi connectivity index (χ2v) is 9.73. The molecule has 0 saturated carbocycles. The van der Waals surface area contributed by atoms with Gasteiger partial charge in [0, 0.05) is 19.3 Å². The molecule has 2 heterocycles. The fourth-order valence-corrected chi connectivity index (χ4v) is 5.36. The quantitative estimate of drug-likeness (QED) is 0.847. The molecule has 0 aromatic heterocycles. The van der Waals surface area contributed by atoms with Crippen molar-refractivity contribution in [2.75, 3.05) is 32.4 Å². The number of hydrogen-bond donors (Lipinski definition) is 1. The van der Waals surface area contributed by atoms with E-state index in [2.05, 4.69) is 19.2 Å². The molecule has 1 N–H and O–H groups in total. The summed E-state index contributed by atoms with van der Waals surface area (Å²) in [5.41, 5.74) is 0. The van der Waals surface area contributed by atoms with Gasteiger partial charge in [-0.25, -0.2) is 8.42 Å². The largest absolute Gasteiger partial charge is 0.341 e. The van der Waals surface area contributed by atoms with E-state index in [1.807, 2.05) is 4.90 Å². The first-order chi connectivity index (χ1) is 10.3. The zero-order valence-corrected chi connectivity index (χ0v) is 14.9. The van der Waals surface area contributed by atoms with Crippen molar-refractivity contribution in [3.63, 3.8) is 0 Å². The highest BCUT2D eigenvalue weighted by molar-refractivity contribution is 7.92. The van der Waals surface area contributed by atoms with Crippen molar-refractivity contribution in [1.29, 1.82) is 0 Å². The molecule has 2 saturated heterocycles. The average Bonchev–Trinajstić information content (AvgIpc) is 2.45. The van der Waals surface area contributed by atoms with E-state index in [0.29, 0.717) is 44.3 Å². The number of hydrogen-bond acceptors (Lipinski definition) is 4. The van der Waals surface area contributed by atoms with Crippen LogP contribution in [0.4, 0.5) is 0 Å². The predicted octanol–water partition coefficient (Wildman–Crippen LogP) is 1.44. The third-order valence-electron chi connectivity index (χ3n) is 5.12. The van der Waals surface area contributed by atoms with Gasteiger partial charge in [0.1, 0.15) is 0 Å². The van der Waals surface area contributed by atoms with Crippen LogP contribution < -0.4 is 5.32 Å². The van der Waals surface area contributed by atoms with E-state index in [-0.39, 0.29) is 5.91 Å². The van der Waals surface area contributed by atoms with Crippen LogP contribution in [0.1, 0.15) is 46.0 Å². The summed E-state index contributed by atoms with van der Waals surface area (Å²) in [4.78, 5) is 14.9. The summed E-state index contributed by atoms with van der Waals surface area (Å²) in [6.07, 6.45) is 5.27. The van der Waals surface area contributed by atoms with E-state index in [9.17, 15) is 13.2 Å². The van der Waals surface area contributed by atoms with Gasteiger partial charge in [0.25, 0.3) is 0 Å². The SMILES string of the molecule is CC(C)CC1CCCN(C(=O)C2(S(C)(=O)=O)CCNCC2)C1. The lowest BCUT2D eigenvalue weighted by atomic mass is 9.88. The molecule has 6 heteroatoms. The van der Waals surface area contributed by atoms with Crippen molar-refractivity contribution in [2.24, 2.45) is 11.8 Å². The lowest BCUT2D eigenvalue weighted by Crippen LogP contribution is -2.59. The van der Waals surface area contributed by atoms with Crippen molar-refractivity contribution < 1.29 is 13.2 Å². The number of likely N-dealkylation sites (tertiary alicyclic amines) is 1. The number of nitrogens with one attached hydrogen (secondary N) is 1. The Morgan fingerprint density at radius 1 is 1.32 bits per heavy atom. The molecule has 2 rings (SSSR count). The third kappa shape index (κ3) is 3.65. The van der Waals surface area contributed by atoms with Crippen LogP contribution in [0.2, 0.25) is 0 Å². The van der Waals surface area contributed by atoms with Crippen LogP contribution in [0.3, 0.4) is 0 Å². The average molecular weight is 330 g/mol. The van der Waals surface area contributed by atoms with Crippen LogP contribution in [-0.4, -0.2) is 56.4 Å². The zero-order valence-electron chi connectivity index (χ0n) is 14.1. The number of carbonyl (C=O) groups is 1. The van der Waals surface area contributed by atoms with Gasteiger partial charge < -0.3 is 10.2 Å². The Morgan fingerprint density at radius 3 is 2.50 bits per heavy atom. The highest BCUT2D eigenvalue weighted by Crippen LogP contribution is 2.32. The summed E-state index contributed by atoms with van der Waals surface area (Å²) in [5.74, 6) is 0.976. The molecule has 5 nitrogen and oxygen atoms in total. The molecule has 0 bridgehead atoms. The Hall–Kier alpha value is -0.620.